The number of hydrogen-bond acceptors (Lipinski definition) is 6. The topological polar surface area (TPSA) is 100 Å². The minimum Gasteiger partial charge on any atom is -0.464 e. The first-order valence-corrected chi connectivity index (χ1v) is 9.00. The fraction of sp³-hybridized carbons (Fsp3) is 0.111. The van der Waals surface area contributed by atoms with Crippen LogP contribution in [0.25, 0.3) is 0 Å². The molecule has 3 aromatic rings. The monoisotopic (exact) mass is 438 g/mol. The largest absolute Gasteiger partial charge is 0.464 e. The Bertz CT molecular complexity index is 1040. The highest BCUT2D eigenvalue weighted by Crippen LogP contribution is 2.30. The minimum absolute atomic E-state index is 0.0420. The average molecular weight is 440 g/mol. The lowest BCUT2D eigenvalue weighted by Crippen LogP contribution is -2.10. The van der Waals surface area contributed by atoms with Crippen LogP contribution in [0.3, 0.4) is 0 Å². The number of benzene rings is 2. The van der Waals surface area contributed by atoms with E-state index in [1.165, 1.54) is 11.8 Å². The number of rotatable bonds is 5. The van der Waals surface area contributed by atoms with Crippen LogP contribution in [0.2, 0.25) is 15.1 Å². The van der Waals surface area contributed by atoms with Crippen LogP contribution in [0.5, 0.6) is 0 Å². The first-order valence-electron chi connectivity index (χ1n) is 7.87. The van der Waals surface area contributed by atoms with E-state index in [0.29, 0.717) is 16.1 Å². The zero-order valence-electron chi connectivity index (χ0n) is 14.4. The van der Waals surface area contributed by atoms with Gasteiger partial charge in [-0.3, -0.25) is 4.79 Å². The van der Waals surface area contributed by atoms with Crippen molar-refractivity contribution in [2.24, 2.45) is 0 Å². The second-order valence-corrected chi connectivity index (χ2v) is 6.99. The summed E-state index contributed by atoms with van der Waals surface area (Å²) < 4.78 is 5.89. The normalized spacial score (nSPS) is 10.7. The molecule has 7 nitrogen and oxygen atoms in total. The standard InChI is InChI=1S/C18H13Cl3N4O3/c1-28-18(27)15-17(22)25(24-23-15)8-9-6-12(20)14(13(21)7-9)16(26)10-2-4-11(19)5-3-10/h2-7H,8,22H2,1H3. The Morgan fingerprint density at radius 2 is 1.71 bits per heavy atom. The molecule has 10 heteroatoms. The van der Waals surface area contributed by atoms with Gasteiger partial charge in [-0.05, 0) is 42.0 Å². The Hall–Kier alpha value is -2.61. The molecule has 0 atom stereocenters. The Morgan fingerprint density at radius 3 is 2.29 bits per heavy atom. The maximum absolute atomic E-state index is 12.7. The fourth-order valence-corrected chi connectivity index (χ4v) is 3.36. The number of carbonyl (C=O) groups excluding carboxylic acids is 2. The van der Waals surface area contributed by atoms with Crippen LogP contribution in [0.15, 0.2) is 36.4 Å². The lowest BCUT2D eigenvalue weighted by molar-refractivity contribution is 0.0595. The Morgan fingerprint density at radius 1 is 1.11 bits per heavy atom. The van der Waals surface area contributed by atoms with Crippen LogP contribution >= 0.6 is 34.8 Å². The molecule has 0 amide bonds. The van der Waals surface area contributed by atoms with Gasteiger partial charge in [-0.15, -0.1) is 5.10 Å². The van der Waals surface area contributed by atoms with Crippen molar-refractivity contribution < 1.29 is 14.3 Å². The molecule has 2 N–H and O–H groups in total. The van der Waals surface area contributed by atoms with Gasteiger partial charge in [0.2, 0.25) is 5.69 Å². The summed E-state index contributed by atoms with van der Waals surface area (Å²) >= 11 is 18.5. The SMILES string of the molecule is COC(=O)c1nnn(Cc2cc(Cl)c(C(=O)c3ccc(Cl)cc3)c(Cl)c2)c1N. The van der Waals surface area contributed by atoms with Crippen LogP contribution < -0.4 is 5.73 Å². The van der Waals surface area contributed by atoms with Gasteiger partial charge in [-0.1, -0.05) is 40.0 Å². The van der Waals surface area contributed by atoms with E-state index in [2.05, 4.69) is 15.0 Å². The first-order chi connectivity index (χ1) is 13.3. The van der Waals surface area contributed by atoms with E-state index in [-0.39, 0.29) is 39.4 Å². The lowest BCUT2D eigenvalue weighted by atomic mass is 10.0. The molecule has 0 saturated carbocycles. The Labute approximate surface area is 174 Å². The number of ether oxygens (including phenoxy) is 1. The number of halogens is 3. The fourth-order valence-electron chi connectivity index (χ4n) is 2.53. The summed E-state index contributed by atoms with van der Waals surface area (Å²) in [7, 11) is 1.22. The molecule has 0 fully saturated rings. The van der Waals surface area contributed by atoms with Gasteiger partial charge < -0.3 is 10.5 Å². The smallest absolute Gasteiger partial charge is 0.362 e. The summed E-state index contributed by atoms with van der Waals surface area (Å²) in [6.45, 7) is 0.144. The molecule has 144 valence electrons. The molecule has 0 spiro atoms. The van der Waals surface area contributed by atoms with Crippen LogP contribution in [0, 0.1) is 0 Å². The van der Waals surface area contributed by atoms with E-state index in [4.69, 9.17) is 40.5 Å². The average Bonchev–Trinajstić information content (AvgIpc) is 3.01. The predicted molar refractivity (Wildman–Crippen MR) is 106 cm³/mol. The van der Waals surface area contributed by atoms with Crippen molar-refractivity contribution in [2.45, 2.75) is 6.54 Å². The molecule has 1 aromatic heterocycles. The van der Waals surface area contributed by atoms with Crippen molar-refractivity contribution in [1.29, 1.82) is 0 Å². The van der Waals surface area contributed by atoms with E-state index < -0.39 is 5.97 Å². The predicted octanol–water partition coefficient (Wildman–Crippen LogP) is 3.89. The lowest BCUT2D eigenvalue weighted by Gasteiger charge is -2.10. The summed E-state index contributed by atoms with van der Waals surface area (Å²) in [6, 6.07) is 9.56. The molecule has 0 bridgehead atoms. The molecule has 0 aliphatic carbocycles. The number of nitrogen functional groups attached to an aromatic ring is 1. The molecule has 3 rings (SSSR count). The zero-order chi connectivity index (χ0) is 20.4. The molecule has 0 radical (unpaired) electrons. The molecule has 1 heterocycles. The summed E-state index contributed by atoms with van der Waals surface area (Å²) in [5.74, 6) is -0.976. The van der Waals surface area contributed by atoms with Gasteiger partial charge in [0.05, 0.1) is 29.3 Å². The molecular weight excluding hydrogens is 427 g/mol. The van der Waals surface area contributed by atoms with Gasteiger partial charge in [0.1, 0.15) is 0 Å². The van der Waals surface area contributed by atoms with Gasteiger partial charge in [0.25, 0.3) is 0 Å². The maximum atomic E-state index is 12.7. The summed E-state index contributed by atoms with van der Waals surface area (Å²) in [5, 5.41) is 8.40. The molecular formula is C18H13Cl3N4O3. The third-order valence-corrected chi connectivity index (χ3v) is 4.77. The zero-order valence-corrected chi connectivity index (χ0v) is 16.7. The summed E-state index contributed by atoms with van der Waals surface area (Å²) in [6.07, 6.45) is 0. The van der Waals surface area contributed by atoms with Gasteiger partial charge in [-0.2, -0.15) is 0 Å². The number of methoxy groups -OCH3 is 1. The minimum atomic E-state index is -0.691. The number of esters is 1. The number of nitrogens with zero attached hydrogens (tertiary/aromatic N) is 3. The van der Waals surface area contributed by atoms with Crippen molar-refractivity contribution in [3.8, 4) is 0 Å². The van der Waals surface area contributed by atoms with Gasteiger partial charge in [0, 0.05) is 10.6 Å². The van der Waals surface area contributed by atoms with E-state index in [1.807, 2.05) is 0 Å². The number of ketones is 1. The Balaban J connectivity index is 1.90. The van der Waals surface area contributed by atoms with Crippen molar-refractivity contribution in [3.05, 3.63) is 73.9 Å². The summed E-state index contributed by atoms with van der Waals surface area (Å²) in [5.41, 5.74) is 6.99. The highest BCUT2D eigenvalue weighted by atomic mass is 35.5. The van der Waals surface area contributed by atoms with E-state index in [1.54, 1.807) is 36.4 Å². The van der Waals surface area contributed by atoms with Crippen LogP contribution in [-0.2, 0) is 11.3 Å². The second kappa shape index (κ2) is 8.18. The van der Waals surface area contributed by atoms with Gasteiger partial charge >= 0.3 is 5.97 Å². The second-order valence-electron chi connectivity index (χ2n) is 5.74. The first kappa shape index (κ1) is 20.1. The van der Waals surface area contributed by atoms with E-state index in [9.17, 15) is 9.59 Å². The number of anilines is 1. The molecule has 0 aliphatic heterocycles. The Kier molecular flexibility index (Phi) is 5.88. The van der Waals surface area contributed by atoms with Crippen LogP contribution in [-0.4, -0.2) is 33.9 Å². The third-order valence-electron chi connectivity index (χ3n) is 3.92. The van der Waals surface area contributed by atoms with Crippen LogP contribution in [0.4, 0.5) is 5.82 Å². The maximum Gasteiger partial charge on any atom is 0.362 e. The highest BCUT2D eigenvalue weighted by Gasteiger charge is 2.20. The quantitative estimate of drug-likeness (QED) is 0.478. The van der Waals surface area contributed by atoms with Gasteiger partial charge in [0.15, 0.2) is 11.6 Å². The van der Waals surface area contributed by atoms with Gasteiger partial charge in [-0.25, -0.2) is 9.48 Å². The molecule has 0 aliphatic rings. The van der Waals surface area contributed by atoms with Crippen molar-refractivity contribution in [3.63, 3.8) is 0 Å². The number of hydrogen-bond donors (Lipinski definition) is 1. The molecule has 0 saturated heterocycles. The number of carbonyl (C=O) groups is 2. The highest BCUT2D eigenvalue weighted by molar-refractivity contribution is 6.41. The number of nitrogens with two attached hydrogens (primary N) is 1. The molecule has 2 aromatic carbocycles. The van der Waals surface area contributed by atoms with Crippen LogP contribution in [0.1, 0.15) is 32.0 Å². The van der Waals surface area contributed by atoms with E-state index in [0.717, 1.165) is 0 Å². The van der Waals surface area contributed by atoms with Crippen molar-refractivity contribution >= 4 is 52.4 Å². The summed E-state index contributed by atoms with van der Waals surface area (Å²) in [4.78, 5) is 24.3. The van der Waals surface area contributed by atoms with Crippen molar-refractivity contribution in [2.75, 3.05) is 12.8 Å². The third kappa shape index (κ3) is 3.96. The molecule has 0 unspecified atom stereocenters. The number of aromatic nitrogens is 3. The van der Waals surface area contributed by atoms with Crippen molar-refractivity contribution in [1.82, 2.24) is 15.0 Å². The van der Waals surface area contributed by atoms with E-state index >= 15 is 0 Å². The molecule has 28 heavy (non-hydrogen) atoms.